The number of aromatic nitrogens is 2. The maximum Gasteiger partial charge on any atom is 0.223 e. The summed E-state index contributed by atoms with van der Waals surface area (Å²) < 4.78 is 18.9. The molecule has 0 N–H and O–H groups in total. The van der Waals surface area contributed by atoms with Crippen LogP contribution in [-0.2, 0) is 5.75 Å². The number of hydrogen-bond acceptors (Lipinski definition) is 4. The molecular weight excluding hydrogens is 347 g/mol. The van der Waals surface area contributed by atoms with Gasteiger partial charge in [0.15, 0.2) is 5.16 Å². The molecule has 2 aromatic carbocycles. The molecule has 0 fully saturated rings. The lowest BCUT2D eigenvalue weighted by Gasteiger charge is -2.11. The molecule has 0 atom stereocenters. The largest absolute Gasteiger partial charge is 0.439 e. The topological polar surface area (TPSA) is 35.0 Å². The van der Waals surface area contributed by atoms with E-state index in [2.05, 4.69) is 42.9 Å². The van der Waals surface area contributed by atoms with Crippen molar-refractivity contribution >= 4 is 11.8 Å². The van der Waals surface area contributed by atoms with Gasteiger partial charge in [0.2, 0.25) is 5.88 Å². The van der Waals surface area contributed by atoms with Gasteiger partial charge in [0.25, 0.3) is 0 Å². The molecule has 1 heterocycles. The lowest BCUT2D eigenvalue weighted by atomic mass is 10.1. The molecule has 0 aliphatic rings. The zero-order valence-electron chi connectivity index (χ0n) is 15.1. The second kappa shape index (κ2) is 8.32. The van der Waals surface area contributed by atoms with E-state index in [1.54, 1.807) is 23.9 Å². The van der Waals surface area contributed by atoms with Crippen molar-refractivity contribution in [2.75, 3.05) is 0 Å². The molecule has 0 saturated carbocycles. The van der Waals surface area contributed by atoms with E-state index < -0.39 is 0 Å². The average molecular weight is 368 g/mol. The van der Waals surface area contributed by atoms with Crippen LogP contribution in [0.1, 0.15) is 36.6 Å². The second-order valence-electron chi connectivity index (χ2n) is 6.34. The zero-order chi connectivity index (χ0) is 18.5. The molecule has 1 aromatic heterocycles. The summed E-state index contributed by atoms with van der Waals surface area (Å²) in [4.78, 5) is 9.16. The summed E-state index contributed by atoms with van der Waals surface area (Å²) in [6.45, 7) is 6.27. The van der Waals surface area contributed by atoms with Gasteiger partial charge >= 0.3 is 0 Å². The Morgan fingerprint density at radius 2 is 1.77 bits per heavy atom. The molecule has 3 aromatic rings. The van der Waals surface area contributed by atoms with Crippen LogP contribution in [0, 0.1) is 12.7 Å². The van der Waals surface area contributed by atoms with E-state index in [0.29, 0.717) is 16.8 Å². The Morgan fingerprint density at radius 1 is 1.04 bits per heavy atom. The number of thioether (sulfide) groups is 1. The molecule has 0 unspecified atom stereocenters. The highest BCUT2D eigenvalue weighted by Gasteiger charge is 2.11. The summed E-state index contributed by atoms with van der Waals surface area (Å²) in [5, 5.41) is 0.677. The Labute approximate surface area is 157 Å². The molecule has 0 bridgehead atoms. The Balaban J connectivity index is 1.81. The van der Waals surface area contributed by atoms with E-state index in [9.17, 15) is 4.39 Å². The van der Waals surface area contributed by atoms with Gasteiger partial charge in [0, 0.05) is 11.8 Å². The molecule has 0 saturated heterocycles. The minimum absolute atomic E-state index is 0.256. The van der Waals surface area contributed by atoms with Crippen molar-refractivity contribution in [1.82, 2.24) is 9.97 Å². The quantitative estimate of drug-likeness (QED) is 0.387. The van der Waals surface area contributed by atoms with Gasteiger partial charge in [-0.25, -0.2) is 9.37 Å². The standard InChI is InChI=1S/C21H21FN2OS/c1-14(2)19-12-20(25-18-10-8-17(22)9-11-18)24-21(23-19)26-13-16-7-5-4-6-15(16)3/h4-12,14H,13H2,1-3H3. The molecule has 134 valence electrons. The predicted molar refractivity (Wildman–Crippen MR) is 103 cm³/mol. The fourth-order valence-electron chi connectivity index (χ4n) is 2.37. The van der Waals surface area contributed by atoms with Crippen molar-refractivity contribution in [1.29, 1.82) is 0 Å². The van der Waals surface area contributed by atoms with Gasteiger partial charge in [-0.05, 0) is 48.2 Å². The predicted octanol–water partition coefficient (Wildman–Crippen LogP) is 6.13. The van der Waals surface area contributed by atoms with Gasteiger partial charge in [-0.1, -0.05) is 49.9 Å². The molecule has 0 aliphatic carbocycles. The normalized spacial score (nSPS) is 11.0. The monoisotopic (exact) mass is 368 g/mol. The fourth-order valence-corrected chi connectivity index (χ4v) is 3.30. The first kappa shape index (κ1) is 18.4. The highest BCUT2D eigenvalue weighted by atomic mass is 32.2. The summed E-state index contributed by atoms with van der Waals surface area (Å²) in [6.07, 6.45) is 0. The van der Waals surface area contributed by atoms with Gasteiger partial charge in [-0.3, -0.25) is 0 Å². The summed E-state index contributed by atoms with van der Waals surface area (Å²) in [5.41, 5.74) is 3.43. The Bertz CT molecular complexity index is 881. The van der Waals surface area contributed by atoms with Crippen LogP contribution >= 0.6 is 11.8 Å². The molecular formula is C21H21FN2OS. The smallest absolute Gasteiger partial charge is 0.223 e. The summed E-state index contributed by atoms with van der Waals surface area (Å²) in [7, 11) is 0. The molecule has 3 rings (SSSR count). The van der Waals surface area contributed by atoms with Crippen molar-refractivity contribution in [2.45, 2.75) is 37.6 Å². The summed E-state index contributed by atoms with van der Waals surface area (Å²) in [6, 6.07) is 16.0. The average Bonchev–Trinajstić information content (AvgIpc) is 2.63. The molecule has 0 amide bonds. The van der Waals surface area contributed by atoms with Gasteiger partial charge in [0.05, 0.1) is 5.69 Å². The lowest BCUT2D eigenvalue weighted by Crippen LogP contribution is -2.00. The van der Waals surface area contributed by atoms with Crippen LogP contribution in [0.2, 0.25) is 0 Å². The van der Waals surface area contributed by atoms with Gasteiger partial charge in [-0.2, -0.15) is 4.98 Å². The number of aryl methyl sites for hydroxylation is 1. The van der Waals surface area contributed by atoms with Crippen molar-refractivity contribution in [3.63, 3.8) is 0 Å². The van der Waals surface area contributed by atoms with Crippen LogP contribution in [0.4, 0.5) is 4.39 Å². The van der Waals surface area contributed by atoms with Crippen LogP contribution < -0.4 is 4.74 Å². The van der Waals surface area contributed by atoms with E-state index in [4.69, 9.17) is 4.74 Å². The number of ether oxygens (including phenoxy) is 1. The van der Waals surface area contributed by atoms with E-state index >= 15 is 0 Å². The Morgan fingerprint density at radius 3 is 2.46 bits per heavy atom. The van der Waals surface area contributed by atoms with Crippen molar-refractivity contribution < 1.29 is 9.13 Å². The third-order valence-electron chi connectivity index (χ3n) is 3.95. The second-order valence-corrected chi connectivity index (χ2v) is 7.28. The fraction of sp³-hybridized carbons (Fsp3) is 0.238. The molecule has 0 spiro atoms. The number of nitrogens with zero attached hydrogens (tertiary/aromatic N) is 2. The summed E-state index contributed by atoms with van der Waals surface area (Å²) in [5.74, 6) is 1.78. The number of halogens is 1. The maximum absolute atomic E-state index is 13.1. The van der Waals surface area contributed by atoms with E-state index in [0.717, 1.165) is 11.4 Å². The molecule has 3 nitrogen and oxygen atoms in total. The van der Waals surface area contributed by atoms with Crippen LogP contribution in [0.15, 0.2) is 59.8 Å². The number of rotatable bonds is 6. The van der Waals surface area contributed by atoms with E-state index in [1.165, 1.54) is 23.3 Å². The third kappa shape index (κ3) is 4.82. The van der Waals surface area contributed by atoms with Crippen LogP contribution in [0.5, 0.6) is 11.6 Å². The number of hydrogen-bond donors (Lipinski definition) is 0. The summed E-state index contributed by atoms with van der Waals surface area (Å²) >= 11 is 1.58. The molecule has 5 heteroatoms. The minimum Gasteiger partial charge on any atom is -0.439 e. The van der Waals surface area contributed by atoms with Crippen molar-refractivity contribution in [3.05, 3.63) is 77.2 Å². The van der Waals surface area contributed by atoms with Crippen LogP contribution in [0.25, 0.3) is 0 Å². The Kier molecular flexibility index (Phi) is 5.89. The van der Waals surface area contributed by atoms with Gasteiger partial charge in [0.1, 0.15) is 11.6 Å². The minimum atomic E-state index is -0.294. The van der Waals surface area contributed by atoms with Crippen LogP contribution in [-0.4, -0.2) is 9.97 Å². The first-order chi connectivity index (χ1) is 12.5. The van der Waals surface area contributed by atoms with Gasteiger partial charge < -0.3 is 4.74 Å². The highest BCUT2D eigenvalue weighted by molar-refractivity contribution is 7.98. The zero-order valence-corrected chi connectivity index (χ0v) is 15.9. The molecule has 0 aliphatic heterocycles. The first-order valence-electron chi connectivity index (χ1n) is 8.51. The highest BCUT2D eigenvalue weighted by Crippen LogP contribution is 2.28. The molecule has 0 radical (unpaired) electrons. The SMILES string of the molecule is Cc1ccccc1CSc1nc(Oc2ccc(F)cc2)cc(C(C)C)n1. The maximum atomic E-state index is 13.1. The third-order valence-corrected chi connectivity index (χ3v) is 4.84. The van der Waals surface area contributed by atoms with E-state index in [-0.39, 0.29) is 11.7 Å². The molecule has 26 heavy (non-hydrogen) atoms. The Hall–Kier alpha value is -2.40. The first-order valence-corrected chi connectivity index (χ1v) is 9.49. The van der Waals surface area contributed by atoms with Gasteiger partial charge in [-0.15, -0.1) is 0 Å². The van der Waals surface area contributed by atoms with Crippen LogP contribution in [0.3, 0.4) is 0 Å². The van der Waals surface area contributed by atoms with Crippen molar-refractivity contribution in [2.24, 2.45) is 0 Å². The lowest BCUT2D eigenvalue weighted by molar-refractivity contribution is 0.451. The van der Waals surface area contributed by atoms with E-state index in [1.807, 2.05) is 18.2 Å². The number of benzene rings is 2. The van der Waals surface area contributed by atoms with Crippen molar-refractivity contribution in [3.8, 4) is 11.6 Å².